The minimum atomic E-state index is -4.43. The molecule has 1 amide bonds. The van der Waals surface area contributed by atoms with E-state index < -0.39 is 24.9 Å². The van der Waals surface area contributed by atoms with Crippen molar-refractivity contribution in [2.45, 2.75) is 58.7 Å². The summed E-state index contributed by atoms with van der Waals surface area (Å²) in [6.45, 7) is 11.4. The van der Waals surface area contributed by atoms with E-state index in [1.54, 1.807) is 33.2 Å². The van der Waals surface area contributed by atoms with Crippen molar-refractivity contribution in [1.82, 2.24) is 14.9 Å². The molecule has 2 heterocycles. The van der Waals surface area contributed by atoms with Crippen LogP contribution in [0.25, 0.3) is 10.9 Å². The molecule has 0 saturated carbocycles. The normalized spacial score (nSPS) is 16.1. The van der Waals surface area contributed by atoms with E-state index in [2.05, 4.69) is 15.3 Å². The highest BCUT2D eigenvalue weighted by molar-refractivity contribution is 7.70. The standard InChI is InChI=1S/C28H34F3N4O2P/c1-16-21(8-7-9-24(16)28(29,30)31)17(2)32-27-23-14-22(20-10-12-35(13-11-20)19(4)36)26(38(5,6)37)15-25(23)33-18(3)34-27/h7-9,14-15,17,20H,10-13H2,1-6H3,(H,32,33,34). The molecule has 1 saturated heterocycles. The average molecular weight is 547 g/mol. The Bertz CT molecular complexity index is 1430. The number of benzene rings is 2. The number of aromatic nitrogens is 2. The number of amides is 1. The molecule has 1 fully saturated rings. The molecule has 1 unspecified atom stereocenters. The summed E-state index contributed by atoms with van der Waals surface area (Å²) >= 11 is 0. The highest BCUT2D eigenvalue weighted by Crippen LogP contribution is 2.42. The van der Waals surface area contributed by atoms with Crippen molar-refractivity contribution >= 4 is 35.1 Å². The Labute approximate surface area is 221 Å². The van der Waals surface area contributed by atoms with Gasteiger partial charge in [0.05, 0.1) is 17.1 Å². The summed E-state index contributed by atoms with van der Waals surface area (Å²) in [4.78, 5) is 22.9. The highest BCUT2D eigenvalue weighted by Gasteiger charge is 2.33. The number of halogens is 3. The quantitative estimate of drug-likeness (QED) is 0.374. The fourth-order valence-electron chi connectivity index (χ4n) is 5.42. The van der Waals surface area contributed by atoms with E-state index in [1.165, 1.54) is 13.0 Å². The third kappa shape index (κ3) is 5.73. The number of rotatable bonds is 5. The lowest BCUT2D eigenvalue weighted by molar-refractivity contribution is -0.138. The van der Waals surface area contributed by atoms with Crippen LogP contribution in [0.15, 0.2) is 30.3 Å². The molecule has 1 N–H and O–H groups in total. The van der Waals surface area contributed by atoms with Gasteiger partial charge in [0.15, 0.2) is 0 Å². The van der Waals surface area contributed by atoms with Crippen molar-refractivity contribution in [2.24, 2.45) is 0 Å². The summed E-state index contributed by atoms with van der Waals surface area (Å²) in [5.74, 6) is 1.19. The Hall–Kier alpha value is -2.93. The molecule has 1 aliphatic heterocycles. The molecule has 2 aromatic carbocycles. The molecule has 0 spiro atoms. The maximum atomic E-state index is 13.5. The van der Waals surface area contributed by atoms with E-state index in [4.69, 9.17) is 0 Å². The van der Waals surface area contributed by atoms with Crippen molar-refractivity contribution in [2.75, 3.05) is 31.7 Å². The molecule has 0 radical (unpaired) electrons. The second kappa shape index (κ2) is 10.3. The largest absolute Gasteiger partial charge is 0.416 e. The van der Waals surface area contributed by atoms with Gasteiger partial charge in [-0.3, -0.25) is 4.79 Å². The Kier molecular flexibility index (Phi) is 7.63. The van der Waals surface area contributed by atoms with E-state index in [1.807, 2.05) is 24.0 Å². The number of hydrogen-bond acceptors (Lipinski definition) is 5. The molecule has 1 atom stereocenters. The zero-order chi connectivity index (χ0) is 28.0. The van der Waals surface area contributed by atoms with Gasteiger partial charge >= 0.3 is 6.18 Å². The highest BCUT2D eigenvalue weighted by atomic mass is 31.2. The molecule has 6 nitrogen and oxygen atoms in total. The second-order valence-corrected chi connectivity index (χ2v) is 13.7. The van der Waals surface area contributed by atoms with Crippen LogP contribution in [-0.4, -0.2) is 47.2 Å². The molecule has 1 aromatic heterocycles. The van der Waals surface area contributed by atoms with Crippen LogP contribution < -0.4 is 10.6 Å². The van der Waals surface area contributed by atoms with Gasteiger partial charge in [-0.05, 0) is 87.7 Å². The molecule has 3 aromatic rings. The van der Waals surface area contributed by atoms with Crippen LogP contribution in [0.5, 0.6) is 0 Å². The first-order valence-electron chi connectivity index (χ1n) is 12.7. The number of likely N-dealkylation sites (tertiary alicyclic amines) is 1. The van der Waals surface area contributed by atoms with Gasteiger partial charge < -0.3 is 14.8 Å². The zero-order valence-corrected chi connectivity index (χ0v) is 23.5. The van der Waals surface area contributed by atoms with Gasteiger partial charge in [0.1, 0.15) is 18.8 Å². The van der Waals surface area contributed by atoms with Gasteiger partial charge in [-0.15, -0.1) is 0 Å². The fourth-order valence-corrected chi connectivity index (χ4v) is 6.72. The number of carbonyl (C=O) groups is 1. The van der Waals surface area contributed by atoms with Crippen LogP contribution in [0.3, 0.4) is 0 Å². The van der Waals surface area contributed by atoms with Crippen molar-refractivity contribution in [1.29, 1.82) is 0 Å². The van der Waals surface area contributed by atoms with E-state index >= 15 is 0 Å². The van der Waals surface area contributed by atoms with Gasteiger partial charge in [-0.25, -0.2) is 9.97 Å². The third-order valence-electron chi connectivity index (χ3n) is 7.42. The third-order valence-corrected chi connectivity index (χ3v) is 8.96. The van der Waals surface area contributed by atoms with Crippen molar-refractivity contribution in [3.05, 3.63) is 58.4 Å². The number of fused-ring (bicyclic) bond motifs is 1. The smallest absolute Gasteiger partial charge is 0.363 e. The predicted octanol–water partition coefficient (Wildman–Crippen LogP) is 6.41. The van der Waals surface area contributed by atoms with Gasteiger partial charge in [-0.1, -0.05) is 12.1 Å². The Morgan fingerprint density at radius 1 is 1.13 bits per heavy atom. The monoisotopic (exact) mass is 546 g/mol. The minimum absolute atomic E-state index is 0.0491. The number of hydrogen-bond donors (Lipinski definition) is 1. The molecule has 204 valence electrons. The van der Waals surface area contributed by atoms with Crippen LogP contribution in [0.1, 0.15) is 66.7 Å². The first-order chi connectivity index (χ1) is 17.7. The van der Waals surface area contributed by atoms with E-state index in [9.17, 15) is 22.5 Å². The predicted molar refractivity (Wildman–Crippen MR) is 146 cm³/mol. The van der Waals surface area contributed by atoms with Crippen molar-refractivity contribution < 1.29 is 22.5 Å². The van der Waals surface area contributed by atoms with Crippen LogP contribution in [-0.2, 0) is 15.5 Å². The van der Waals surface area contributed by atoms with E-state index in [-0.39, 0.29) is 17.4 Å². The Morgan fingerprint density at radius 2 is 1.79 bits per heavy atom. The summed E-state index contributed by atoms with van der Waals surface area (Å²) in [5, 5.41) is 4.84. The van der Waals surface area contributed by atoms with Crippen LogP contribution in [0.4, 0.5) is 19.0 Å². The number of anilines is 1. The number of carbonyl (C=O) groups excluding carboxylic acids is 1. The van der Waals surface area contributed by atoms with Gasteiger partial charge in [-0.2, -0.15) is 13.2 Å². The molecule has 4 rings (SSSR count). The SMILES string of the molecule is CC(=O)N1CCC(c2cc3c(NC(C)c4cccc(C(F)(F)F)c4C)nc(C)nc3cc2P(C)(C)=O)CC1. The number of piperidine rings is 1. The maximum Gasteiger partial charge on any atom is 0.416 e. The summed E-state index contributed by atoms with van der Waals surface area (Å²) < 4.78 is 53.9. The summed E-state index contributed by atoms with van der Waals surface area (Å²) in [5.41, 5.74) is 1.65. The molecular formula is C28H34F3N4O2P. The Balaban J connectivity index is 1.79. The van der Waals surface area contributed by atoms with Crippen molar-refractivity contribution in [3.63, 3.8) is 0 Å². The molecular weight excluding hydrogens is 512 g/mol. The second-order valence-electron chi connectivity index (χ2n) is 10.6. The molecule has 0 aliphatic carbocycles. The van der Waals surface area contributed by atoms with Crippen molar-refractivity contribution in [3.8, 4) is 0 Å². The number of alkyl halides is 3. The number of nitrogens with one attached hydrogen (secondary N) is 1. The van der Waals surface area contributed by atoms with Gasteiger partial charge in [0.2, 0.25) is 5.91 Å². The lowest BCUT2D eigenvalue weighted by atomic mass is 9.88. The maximum absolute atomic E-state index is 13.5. The molecule has 1 aliphatic rings. The van der Waals surface area contributed by atoms with Gasteiger partial charge in [0.25, 0.3) is 0 Å². The molecule has 0 bridgehead atoms. The molecule has 10 heteroatoms. The lowest BCUT2D eigenvalue weighted by Crippen LogP contribution is -2.37. The summed E-state index contributed by atoms with van der Waals surface area (Å²) in [7, 11) is -2.66. The van der Waals surface area contributed by atoms with E-state index in [0.717, 1.165) is 35.2 Å². The number of aryl methyl sites for hydroxylation is 1. The Morgan fingerprint density at radius 3 is 2.37 bits per heavy atom. The van der Waals surface area contributed by atoms with Crippen LogP contribution in [0.2, 0.25) is 0 Å². The van der Waals surface area contributed by atoms with Gasteiger partial charge in [0, 0.05) is 30.7 Å². The van der Waals surface area contributed by atoms with Crippen LogP contribution in [0, 0.1) is 13.8 Å². The first kappa shape index (κ1) is 28.1. The molecule has 38 heavy (non-hydrogen) atoms. The minimum Gasteiger partial charge on any atom is -0.363 e. The van der Waals surface area contributed by atoms with E-state index in [0.29, 0.717) is 35.8 Å². The first-order valence-corrected chi connectivity index (χ1v) is 15.3. The fraction of sp³-hybridized carbons (Fsp3) is 0.464. The van der Waals surface area contributed by atoms with Crippen LogP contribution >= 0.6 is 7.14 Å². The lowest BCUT2D eigenvalue weighted by Gasteiger charge is -2.33. The topological polar surface area (TPSA) is 75.2 Å². The zero-order valence-electron chi connectivity index (χ0n) is 22.6. The number of nitrogens with zero attached hydrogens (tertiary/aromatic N) is 3. The summed E-state index contributed by atoms with van der Waals surface area (Å²) in [6.07, 6.45) is -2.92. The summed E-state index contributed by atoms with van der Waals surface area (Å²) in [6, 6.07) is 7.61. The average Bonchev–Trinajstić information content (AvgIpc) is 2.82.